The summed E-state index contributed by atoms with van der Waals surface area (Å²) in [5.74, 6) is -1.45. The quantitative estimate of drug-likeness (QED) is 0.615. The number of hydrogen-bond acceptors (Lipinski definition) is 3. The molecule has 3 amide bonds. The van der Waals surface area contributed by atoms with Gasteiger partial charge in [-0.1, -0.05) is 0 Å². The van der Waals surface area contributed by atoms with Crippen LogP contribution in [-0.4, -0.2) is 53.6 Å². The number of hydrogen-bond donors (Lipinski definition) is 3. The van der Waals surface area contributed by atoms with Gasteiger partial charge in [-0.05, 0) is 20.8 Å². The Morgan fingerprint density at radius 3 is 2.18 bits per heavy atom. The Labute approximate surface area is 100 Å². The van der Waals surface area contributed by atoms with Crippen LogP contribution in [0.25, 0.3) is 0 Å². The molecule has 0 aliphatic heterocycles. The molecule has 0 aliphatic rings. The molecule has 0 heterocycles. The third-order valence-electron chi connectivity index (χ3n) is 2.24. The number of rotatable bonds is 5. The van der Waals surface area contributed by atoms with Crippen LogP contribution in [0.1, 0.15) is 20.8 Å². The summed E-state index contributed by atoms with van der Waals surface area (Å²) in [7, 11) is 1.47. The summed E-state index contributed by atoms with van der Waals surface area (Å²) in [6.07, 6.45) is 0. The molecule has 17 heavy (non-hydrogen) atoms. The lowest BCUT2D eigenvalue weighted by molar-refractivity contribution is -0.143. The molecule has 0 bridgehead atoms. The van der Waals surface area contributed by atoms with Crippen molar-refractivity contribution in [3.8, 4) is 0 Å². The Morgan fingerprint density at radius 1 is 1.29 bits per heavy atom. The molecule has 0 aromatic heterocycles. The van der Waals surface area contributed by atoms with Gasteiger partial charge in [0, 0.05) is 13.6 Å². The lowest BCUT2D eigenvalue weighted by Gasteiger charge is -2.26. The van der Waals surface area contributed by atoms with E-state index in [1.165, 1.54) is 25.8 Å². The van der Waals surface area contributed by atoms with Gasteiger partial charge in [-0.2, -0.15) is 0 Å². The van der Waals surface area contributed by atoms with Crippen molar-refractivity contribution in [2.45, 2.75) is 26.3 Å². The zero-order valence-electron chi connectivity index (χ0n) is 10.5. The third kappa shape index (κ3) is 4.71. The fourth-order valence-electron chi connectivity index (χ4n) is 0.979. The van der Waals surface area contributed by atoms with Crippen LogP contribution >= 0.6 is 0 Å². The van der Waals surface area contributed by atoms with Gasteiger partial charge in [0.25, 0.3) is 0 Å². The second kappa shape index (κ2) is 6.07. The highest BCUT2D eigenvalue weighted by atomic mass is 16.4. The minimum atomic E-state index is -1.37. The number of aliphatic carboxylic acids is 1. The highest BCUT2D eigenvalue weighted by Gasteiger charge is 2.30. The summed E-state index contributed by atoms with van der Waals surface area (Å²) in [5.41, 5.74) is -1.37. The van der Waals surface area contributed by atoms with Crippen LogP contribution < -0.4 is 10.6 Å². The Hall–Kier alpha value is -1.79. The summed E-state index contributed by atoms with van der Waals surface area (Å²) in [6.45, 7) is 4.67. The van der Waals surface area contributed by atoms with Crippen molar-refractivity contribution < 1.29 is 19.5 Å². The summed E-state index contributed by atoms with van der Waals surface area (Å²) in [6, 6.07) is -0.580. The van der Waals surface area contributed by atoms with Crippen molar-refractivity contribution in [2.75, 3.05) is 20.1 Å². The maximum Gasteiger partial charge on any atom is 0.328 e. The molecule has 0 aliphatic carbocycles. The van der Waals surface area contributed by atoms with Gasteiger partial charge in [0.15, 0.2) is 0 Å². The van der Waals surface area contributed by atoms with Gasteiger partial charge >= 0.3 is 12.0 Å². The molecule has 0 radical (unpaired) electrons. The van der Waals surface area contributed by atoms with Crippen LogP contribution in [0.5, 0.6) is 0 Å². The van der Waals surface area contributed by atoms with Crippen LogP contribution in [0.4, 0.5) is 4.79 Å². The Kier molecular flexibility index (Phi) is 5.43. The number of carbonyl (C=O) groups is 3. The van der Waals surface area contributed by atoms with E-state index in [0.717, 1.165) is 0 Å². The molecule has 0 rings (SSSR count). The van der Waals surface area contributed by atoms with E-state index in [9.17, 15) is 14.4 Å². The molecule has 0 fully saturated rings. The van der Waals surface area contributed by atoms with Crippen molar-refractivity contribution in [3.63, 3.8) is 0 Å². The predicted octanol–water partition coefficient (Wildman–Crippen LogP) is -0.373. The van der Waals surface area contributed by atoms with Crippen LogP contribution in [-0.2, 0) is 9.59 Å². The fourth-order valence-corrected chi connectivity index (χ4v) is 0.979. The summed E-state index contributed by atoms with van der Waals surface area (Å²) < 4.78 is 0. The van der Waals surface area contributed by atoms with Crippen molar-refractivity contribution in [2.24, 2.45) is 0 Å². The van der Waals surface area contributed by atoms with Gasteiger partial charge in [-0.25, -0.2) is 9.59 Å². The smallest absolute Gasteiger partial charge is 0.328 e. The molecule has 0 spiro atoms. The number of carbonyl (C=O) groups excluding carboxylic acids is 2. The molecular formula is C10H19N3O4. The van der Waals surface area contributed by atoms with E-state index < -0.39 is 17.5 Å². The number of nitrogens with one attached hydrogen (secondary N) is 2. The first-order chi connectivity index (χ1) is 7.74. The van der Waals surface area contributed by atoms with Gasteiger partial charge in [0.2, 0.25) is 5.91 Å². The Morgan fingerprint density at radius 2 is 1.82 bits per heavy atom. The monoisotopic (exact) mass is 245 g/mol. The third-order valence-corrected chi connectivity index (χ3v) is 2.24. The van der Waals surface area contributed by atoms with Crippen molar-refractivity contribution in [3.05, 3.63) is 0 Å². The molecule has 0 atom stereocenters. The molecule has 7 nitrogen and oxygen atoms in total. The van der Waals surface area contributed by atoms with Crippen molar-refractivity contribution >= 4 is 17.9 Å². The topological polar surface area (TPSA) is 98.7 Å². The first-order valence-electron chi connectivity index (χ1n) is 5.25. The van der Waals surface area contributed by atoms with Crippen LogP contribution in [0.2, 0.25) is 0 Å². The average molecular weight is 245 g/mol. The van der Waals surface area contributed by atoms with Gasteiger partial charge in [-0.15, -0.1) is 0 Å². The first-order valence-corrected chi connectivity index (χ1v) is 5.25. The molecule has 0 saturated carbocycles. The number of amides is 3. The number of carboxylic acid groups (broad SMARTS) is 1. The van der Waals surface area contributed by atoms with Crippen LogP contribution in [0.3, 0.4) is 0 Å². The molecule has 0 aromatic carbocycles. The maximum absolute atomic E-state index is 11.7. The molecular weight excluding hydrogens is 226 g/mol. The average Bonchev–Trinajstić information content (AvgIpc) is 2.24. The van der Waals surface area contributed by atoms with Crippen LogP contribution in [0, 0.1) is 0 Å². The van der Waals surface area contributed by atoms with E-state index >= 15 is 0 Å². The number of nitrogens with zero attached hydrogens (tertiary/aromatic N) is 1. The molecule has 0 aromatic rings. The maximum atomic E-state index is 11.7. The van der Waals surface area contributed by atoms with Gasteiger partial charge in [0.05, 0.1) is 0 Å². The second-order valence-corrected chi connectivity index (χ2v) is 4.05. The predicted molar refractivity (Wildman–Crippen MR) is 61.6 cm³/mol. The summed E-state index contributed by atoms with van der Waals surface area (Å²) in [5, 5.41) is 13.6. The van der Waals surface area contributed by atoms with E-state index in [4.69, 9.17) is 5.11 Å². The van der Waals surface area contributed by atoms with E-state index in [0.29, 0.717) is 6.54 Å². The minimum Gasteiger partial charge on any atom is -0.480 e. The van der Waals surface area contributed by atoms with Gasteiger partial charge < -0.3 is 20.6 Å². The van der Waals surface area contributed by atoms with Crippen molar-refractivity contribution in [1.82, 2.24) is 15.5 Å². The van der Waals surface area contributed by atoms with E-state index in [1.807, 2.05) is 0 Å². The fraction of sp³-hybridized carbons (Fsp3) is 0.700. The summed E-state index contributed by atoms with van der Waals surface area (Å²) in [4.78, 5) is 34.9. The Bertz CT molecular complexity index is 315. The molecule has 7 heteroatoms. The van der Waals surface area contributed by atoms with Gasteiger partial charge in [-0.3, -0.25) is 4.79 Å². The van der Waals surface area contributed by atoms with E-state index in [1.54, 1.807) is 6.92 Å². The molecule has 98 valence electrons. The summed E-state index contributed by atoms with van der Waals surface area (Å²) >= 11 is 0. The second-order valence-electron chi connectivity index (χ2n) is 4.05. The highest BCUT2D eigenvalue weighted by molar-refractivity contribution is 5.88. The van der Waals surface area contributed by atoms with Crippen LogP contribution in [0.15, 0.2) is 0 Å². The van der Waals surface area contributed by atoms with E-state index in [-0.39, 0.29) is 12.5 Å². The molecule has 0 unspecified atom stereocenters. The highest BCUT2D eigenvalue weighted by Crippen LogP contribution is 2.03. The first kappa shape index (κ1) is 15.2. The van der Waals surface area contributed by atoms with E-state index in [2.05, 4.69) is 10.6 Å². The largest absolute Gasteiger partial charge is 0.480 e. The lowest BCUT2D eigenvalue weighted by atomic mass is 10.1. The SMILES string of the molecule is CCN(CC(=O)NC)C(=O)NC(C)(C)C(=O)O. The molecule has 3 N–H and O–H groups in total. The zero-order valence-corrected chi connectivity index (χ0v) is 10.5. The lowest BCUT2D eigenvalue weighted by Crippen LogP contribution is -2.55. The van der Waals surface area contributed by atoms with Gasteiger partial charge in [0.1, 0.15) is 12.1 Å². The Balaban J connectivity index is 4.56. The normalized spacial score (nSPS) is 10.6. The minimum absolute atomic E-state index is 0.103. The number of likely N-dealkylation sites (N-methyl/N-ethyl adjacent to an activating group) is 2. The van der Waals surface area contributed by atoms with Crippen molar-refractivity contribution in [1.29, 1.82) is 0 Å². The zero-order chi connectivity index (χ0) is 13.6. The number of urea groups is 1. The standard InChI is InChI=1S/C10H19N3O4/c1-5-13(6-7(14)11-4)9(17)12-10(2,3)8(15)16/h5-6H2,1-4H3,(H,11,14)(H,12,17)(H,15,16). The molecule has 0 saturated heterocycles. The number of carboxylic acids is 1.